The summed E-state index contributed by atoms with van der Waals surface area (Å²) in [4.78, 5) is 36.6. The van der Waals surface area contributed by atoms with Crippen LogP contribution in [-0.4, -0.2) is 72.1 Å². The van der Waals surface area contributed by atoms with E-state index in [0.29, 0.717) is 16.9 Å². The van der Waals surface area contributed by atoms with Gasteiger partial charge in [0.15, 0.2) is 6.10 Å². The van der Waals surface area contributed by atoms with Gasteiger partial charge in [0, 0.05) is 35.5 Å². The fourth-order valence-electron chi connectivity index (χ4n) is 4.92. The molecule has 218 valence electrons. The highest BCUT2D eigenvalue weighted by molar-refractivity contribution is 5.93. The monoisotopic (exact) mass is 579 g/mol. The van der Waals surface area contributed by atoms with E-state index in [9.17, 15) is 22.8 Å². The third-order valence-electron chi connectivity index (χ3n) is 6.88. The normalized spacial score (nSPS) is 15.5. The maximum absolute atomic E-state index is 13.7. The Morgan fingerprint density at radius 2 is 1.98 bits per heavy atom. The topological polar surface area (TPSA) is 111 Å². The van der Waals surface area contributed by atoms with Crippen LogP contribution in [-0.2, 0) is 16.1 Å². The van der Waals surface area contributed by atoms with Crippen molar-refractivity contribution in [2.45, 2.75) is 32.7 Å². The van der Waals surface area contributed by atoms with E-state index in [-0.39, 0.29) is 13.2 Å². The van der Waals surface area contributed by atoms with E-state index in [1.807, 2.05) is 26.0 Å². The van der Waals surface area contributed by atoms with Crippen LogP contribution < -0.4 is 5.69 Å². The van der Waals surface area contributed by atoms with E-state index in [1.54, 1.807) is 49.1 Å². The van der Waals surface area contributed by atoms with E-state index in [0.717, 1.165) is 32.5 Å². The van der Waals surface area contributed by atoms with Crippen LogP contribution in [0.4, 0.5) is 13.2 Å². The Morgan fingerprint density at radius 1 is 1.19 bits per heavy atom. The molecular weight excluding hydrogens is 551 g/mol. The second-order valence-electron chi connectivity index (χ2n) is 9.72. The molecule has 1 aliphatic heterocycles. The number of hydrogen-bond donors (Lipinski definition) is 1. The van der Waals surface area contributed by atoms with Gasteiger partial charge in [-0.15, -0.1) is 6.58 Å². The number of rotatable bonds is 4. The predicted molar refractivity (Wildman–Crippen MR) is 151 cm³/mol. The van der Waals surface area contributed by atoms with Crippen LogP contribution in [0.1, 0.15) is 12.5 Å². The molecule has 0 spiro atoms. The van der Waals surface area contributed by atoms with Gasteiger partial charge < -0.3 is 9.64 Å². The van der Waals surface area contributed by atoms with Crippen LogP contribution in [0.3, 0.4) is 0 Å². The zero-order valence-corrected chi connectivity index (χ0v) is 22.9. The van der Waals surface area contributed by atoms with Crippen molar-refractivity contribution >= 4 is 27.8 Å². The number of allylic oxidation sites excluding steroid dienone is 1. The van der Waals surface area contributed by atoms with Crippen molar-refractivity contribution in [1.29, 1.82) is 0 Å². The number of aromatic nitrogens is 6. The molecule has 0 radical (unpaired) electrons. The van der Waals surface area contributed by atoms with E-state index in [1.165, 1.54) is 9.13 Å². The van der Waals surface area contributed by atoms with Crippen molar-refractivity contribution in [3.8, 4) is 16.9 Å². The first kappa shape index (κ1) is 28.7. The molecule has 4 aromatic heterocycles. The number of aromatic amines is 1. The van der Waals surface area contributed by atoms with Gasteiger partial charge in [-0.2, -0.15) is 18.3 Å². The SMILES string of the molecule is C=CC.Cc1cccc2c1n(-c1ccc(-c3cncc4[nH]ncc34)cn1)c(=O)n2CC(=O)N1CCOC(C(F)(F)F)C1. The Labute approximate surface area is 238 Å². The molecule has 5 aromatic rings. The predicted octanol–water partition coefficient (Wildman–Crippen LogP) is 4.42. The molecule has 13 heteroatoms. The van der Waals surface area contributed by atoms with Crippen LogP contribution >= 0.6 is 0 Å². The number of halogens is 3. The number of imidazole rings is 1. The number of ether oxygens (including phenoxy) is 1. The third kappa shape index (κ3) is 5.42. The van der Waals surface area contributed by atoms with Crippen molar-refractivity contribution in [2.24, 2.45) is 0 Å². The van der Waals surface area contributed by atoms with Crippen molar-refractivity contribution in [3.05, 3.63) is 83.8 Å². The molecule has 1 saturated heterocycles. The summed E-state index contributed by atoms with van der Waals surface area (Å²) in [5.74, 6) is -0.260. The van der Waals surface area contributed by atoms with Gasteiger partial charge in [-0.05, 0) is 37.6 Å². The smallest absolute Gasteiger partial charge is 0.365 e. The minimum atomic E-state index is -4.58. The summed E-state index contributed by atoms with van der Waals surface area (Å²) in [7, 11) is 0. The number of aryl methyl sites for hydroxylation is 1. The molecule has 1 N–H and O–H groups in total. The van der Waals surface area contributed by atoms with E-state index < -0.39 is 37.0 Å². The molecular formula is C29H28F3N7O3. The molecule has 0 bridgehead atoms. The Balaban J connectivity index is 0.00000113. The number of carbonyl (C=O) groups excluding carboxylic acids is 1. The Kier molecular flexibility index (Phi) is 7.94. The average Bonchev–Trinajstić information content (AvgIpc) is 3.57. The first-order chi connectivity index (χ1) is 20.1. The van der Waals surface area contributed by atoms with Gasteiger partial charge in [0.1, 0.15) is 12.4 Å². The molecule has 1 aliphatic rings. The Morgan fingerprint density at radius 3 is 2.69 bits per heavy atom. The molecule has 0 saturated carbocycles. The number of morpholine rings is 1. The first-order valence-electron chi connectivity index (χ1n) is 13.1. The fourth-order valence-corrected chi connectivity index (χ4v) is 4.92. The van der Waals surface area contributed by atoms with Crippen molar-refractivity contribution < 1.29 is 22.7 Å². The molecule has 1 aromatic carbocycles. The van der Waals surface area contributed by atoms with Gasteiger partial charge in [-0.1, -0.05) is 18.2 Å². The molecule has 10 nitrogen and oxygen atoms in total. The number of amides is 1. The van der Waals surface area contributed by atoms with Crippen molar-refractivity contribution in [2.75, 3.05) is 19.7 Å². The number of nitrogens with zero attached hydrogens (tertiary/aromatic N) is 6. The maximum Gasteiger partial charge on any atom is 0.416 e. The molecule has 42 heavy (non-hydrogen) atoms. The van der Waals surface area contributed by atoms with Gasteiger partial charge in [-0.25, -0.2) is 14.3 Å². The van der Waals surface area contributed by atoms with E-state index in [2.05, 4.69) is 26.7 Å². The zero-order chi connectivity index (χ0) is 30.0. The quantitative estimate of drug-likeness (QED) is 0.316. The summed E-state index contributed by atoms with van der Waals surface area (Å²) in [6.45, 7) is 5.84. The number of pyridine rings is 2. The molecule has 1 amide bonds. The highest BCUT2D eigenvalue weighted by Crippen LogP contribution is 2.28. The number of hydrogen-bond acceptors (Lipinski definition) is 6. The lowest BCUT2D eigenvalue weighted by molar-refractivity contribution is -0.236. The van der Waals surface area contributed by atoms with Crippen LogP contribution in [0.5, 0.6) is 0 Å². The lowest BCUT2D eigenvalue weighted by atomic mass is 10.1. The summed E-state index contributed by atoms with van der Waals surface area (Å²) in [5, 5.41) is 7.81. The molecule has 5 heterocycles. The lowest BCUT2D eigenvalue weighted by Gasteiger charge is -2.33. The molecule has 1 fully saturated rings. The largest absolute Gasteiger partial charge is 0.416 e. The highest BCUT2D eigenvalue weighted by atomic mass is 19.4. The maximum atomic E-state index is 13.7. The molecule has 1 atom stereocenters. The van der Waals surface area contributed by atoms with Crippen LogP contribution in [0, 0.1) is 6.92 Å². The number of fused-ring (bicyclic) bond motifs is 2. The summed E-state index contributed by atoms with van der Waals surface area (Å²) in [6.07, 6.45) is 1.82. The standard InChI is InChI=1S/C26H22F3N7O3.C3H6/c1-15-3-2-4-20-24(15)36(22-6-5-16(9-31-22)17-10-30-12-19-18(17)11-32-33-19)25(38)35(20)14-23(37)34-7-8-39-21(13-34)26(27,28)29;1-3-2/h2-6,9-12,21H,7-8,13-14H2,1H3,(H,32,33);3H,1H2,2H3. The second kappa shape index (κ2) is 11.6. The summed E-state index contributed by atoms with van der Waals surface area (Å²) >= 11 is 0. The summed E-state index contributed by atoms with van der Waals surface area (Å²) in [6, 6.07) is 8.80. The zero-order valence-electron chi connectivity index (χ0n) is 22.9. The van der Waals surface area contributed by atoms with Gasteiger partial charge >= 0.3 is 11.9 Å². The van der Waals surface area contributed by atoms with Gasteiger partial charge in [-0.3, -0.25) is 19.4 Å². The van der Waals surface area contributed by atoms with Gasteiger partial charge in [0.25, 0.3) is 0 Å². The van der Waals surface area contributed by atoms with Crippen LogP contribution in [0.15, 0.2) is 72.6 Å². The molecule has 6 rings (SSSR count). The number of alkyl halides is 3. The number of para-hydroxylation sites is 1. The third-order valence-corrected chi connectivity index (χ3v) is 6.88. The van der Waals surface area contributed by atoms with E-state index >= 15 is 0 Å². The Bertz CT molecular complexity index is 1810. The van der Waals surface area contributed by atoms with Crippen LogP contribution in [0.25, 0.3) is 38.9 Å². The second-order valence-corrected chi connectivity index (χ2v) is 9.72. The summed E-state index contributed by atoms with van der Waals surface area (Å²) < 4.78 is 47.0. The minimum absolute atomic E-state index is 0.0130. The van der Waals surface area contributed by atoms with Crippen LogP contribution in [0.2, 0.25) is 0 Å². The lowest BCUT2D eigenvalue weighted by Crippen LogP contribution is -2.52. The Hall–Kier alpha value is -4.78. The molecule has 1 unspecified atom stereocenters. The number of benzene rings is 1. The highest BCUT2D eigenvalue weighted by Gasteiger charge is 2.44. The first-order valence-corrected chi connectivity index (χ1v) is 13.1. The van der Waals surface area contributed by atoms with Crippen molar-refractivity contribution in [1.82, 2.24) is 34.2 Å². The summed E-state index contributed by atoms with van der Waals surface area (Å²) in [5.41, 5.74) is 3.66. The fraction of sp³-hybridized carbons (Fsp3) is 0.276. The van der Waals surface area contributed by atoms with Gasteiger partial charge in [0.05, 0.1) is 42.1 Å². The van der Waals surface area contributed by atoms with Crippen molar-refractivity contribution in [3.63, 3.8) is 0 Å². The molecule has 0 aliphatic carbocycles. The average molecular weight is 580 g/mol. The number of carbonyl (C=O) groups is 1. The number of nitrogens with one attached hydrogen (secondary N) is 1. The minimum Gasteiger partial charge on any atom is -0.365 e. The van der Waals surface area contributed by atoms with E-state index in [4.69, 9.17) is 4.74 Å². The number of H-pyrrole nitrogens is 1. The van der Waals surface area contributed by atoms with Gasteiger partial charge in [0.2, 0.25) is 5.91 Å².